The van der Waals surface area contributed by atoms with E-state index in [-0.39, 0.29) is 11.5 Å². The summed E-state index contributed by atoms with van der Waals surface area (Å²) < 4.78 is 0. The van der Waals surface area contributed by atoms with Crippen molar-refractivity contribution in [1.29, 1.82) is 0 Å². The summed E-state index contributed by atoms with van der Waals surface area (Å²) in [5, 5.41) is 10.1. The molecule has 1 rings (SSSR count). The Bertz CT molecular complexity index is 150. The summed E-state index contributed by atoms with van der Waals surface area (Å²) in [6, 6.07) is 0.208. The molecule has 2 unspecified atom stereocenters. The van der Waals surface area contributed by atoms with Crippen molar-refractivity contribution in [3.63, 3.8) is 0 Å². The van der Waals surface area contributed by atoms with Crippen LogP contribution < -0.4 is 5.73 Å². The topological polar surface area (TPSA) is 46.2 Å². The summed E-state index contributed by atoms with van der Waals surface area (Å²) in [6.07, 6.45) is 2.59. The summed E-state index contributed by atoms with van der Waals surface area (Å²) in [7, 11) is 0. The van der Waals surface area contributed by atoms with Crippen LogP contribution in [0.1, 0.15) is 40.0 Å². The molecule has 2 heteroatoms. The predicted octanol–water partition coefficient (Wildman–Crippen LogP) is 1.27. The Morgan fingerprint density at radius 3 is 2.18 bits per heavy atom. The van der Waals surface area contributed by atoms with Gasteiger partial charge in [-0.2, -0.15) is 0 Å². The van der Waals surface area contributed by atoms with E-state index in [2.05, 4.69) is 20.8 Å². The van der Waals surface area contributed by atoms with E-state index >= 15 is 0 Å². The Morgan fingerprint density at radius 1 is 1.45 bits per heavy atom. The standard InChI is InChI=1S/C9H19NO/c1-8(2,3)9(11)5-4-7(10)6-9/h7,11H,4-6,10H2,1-3H3. The number of aliphatic hydroxyl groups is 1. The van der Waals surface area contributed by atoms with E-state index in [1.54, 1.807) is 0 Å². The smallest absolute Gasteiger partial charge is 0.0711 e. The molecule has 0 spiro atoms. The van der Waals surface area contributed by atoms with Crippen molar-refractivity contribution in [2.75, 3.05) is 0 Å². The Hall–Kier alpha value is -0.0800. The van der Waals surface area contributed by atoms with Gasteiger partial charge in [-0.05, 0) is 24.7 Å². The molecule has 2 nitrogen and oxygen atoms in total. The van der Waals surface area contributed by atoms with E-state index < -0.39 is 5.60 Å². The lowest BCUT2D eigenvalue weighted by atomic mass is 9.75. The normalized spacial score (nSPS) is 39.5. The minimum atomic E-state index is -0.521. The molecule has 1 saturated carbocycles. The minimum absolute atomic E-state index is 0.0267. The Kier molecular flexibility index (Phi) is 2.01. The van der Waals surface area contributed by atoms with E-state index in [4.69, 9.17) is 5.73 Å². The van der Waals surface area contributed by atoms with E-state index in [9.17, 15) is 5.11 Å². The maximum Gasteiger partial charge on any atom is 0.0711 e. The summed E-state index contributed by atoms with van der Waals surface area (Å²) in [5.74, 6) is 0. The summed E-state index contributed by atoms with van der Waals surface area (Å²) in [5.41, 5.74) is 5.20. The van der Waals surface area contributed by atoms with Gasteiger partial charge in [0, 0.05) is 6.04 Å². The first-order valence-electron chi connectivity index (χ1n) is 4.33. The van der Waals surface area contributed by atoms with E-state index in [1.165, 1.54) is 0 Å². The fraction of sp³-hybridized carbons (Fsp3) is 1.00. The van der Waals surface area contributed by atoms with Gasteiger partial charge in [-0.3, -0.25) is 0 Å². The zero-order valence-corrected chi connectivity index (χ0v) is 7.72. The van der Waals surface area contributed by atoms with E-state index in [0.717, 1.165) is 19.3 Å². The lowest BCUT2D eigenvalue weighted by Gasteiger charge is -2.37. The number of rotatable bonds is 0. The van der Waals surface area contributed by atoms with Crippen LogP contribution in [0.2, 0.25) is 0 Å². The third kappa shape index (κ3) is 1.57. The van der Waals surface area contributed by atoms with Crippen LogP contribution in [0.25, 0.3) is 0 Å². The lowest BCUT2D eigenvalue weighted by molar-refractivity contribution is -0.0522. The average Bonchev–Trinajstić information content (AvgIpc) is 2.10. The molecular formula is C9H19NO. The van der Waals surface area contributed by atoms with Gasteiger partial charge in [-0.15, -0.1) is 0 Å². The molecule has 0 radical (unpaired) electrons. The van der Waals surface area contributed by atoms with Crippen molar-refractivity contribution < 1.29 is 5.11 Å². The molecule has 0 aromatic rings. The van der Waals surface area contributed by atoms with Crippen LogP contribution in [0.4, 0.5) is 0 Å². The molecule has 3 N–H and O–H groups in total. The van der Waals surface area contributed by atoms with Gasteiger partial charge in [-0.25, -0.2) is 0 Å². The molecular weight excluding hydrogens is 138 g/mol. The first-order valence-corrected chi connectivity index (χ1v) is 4.33. The van der Waals surface area contributed by atoms with Crippen LogP contribution in [0.5, 0.6) is 0 Å². The molecule has 11 heavy (non-hydrogen) atoms. The highest BCUT2D eigenvalue weighted by molar-refractivity contribution is 4.98. The first-order chi connectivity index (χ1) is 4.85. The largest absolute Gasteiger partial charge is 0.389 e. The maximum absolute atomic E-state index is 10.1. The van der Waals surface area contributed by atoms with E-state index in [1.807, 2.05) is 0 Å². The Balaban J connectivity index is 2.69. The van der Waals surface area contributed by atoms with Crippen LogP contribution in [0.15, 0.2) is 0 Å². The van der Waals surface area contributed by atoms with Gasteiger partial charge >= 0.3 is 0 Å². The van der Waals surface area contributed by atoms with Crippen molar-refractivity contribution >= 4 is 0 Å². The molecule has 1 aliphatic carbocycles. The SMILES string of the molecule is CC(C)(C)C1(O)CCC(N)C1. The third-order valence-corrected chi connectivity index (χ3v) is 2.92. The van der Waals surface area contributed by atoms with Crippen molar-refractivity contribution in [2.24, 2.45) is 11.1 Å². The second-order valence-corrected chi connectivity index (χ2v) is 4.78. The van der Waals surface area contributed by atoms with Crippen molar-refractivity contribution in [2.45, 2.75) is 51.7 Å². The summed E-state index contributed by atoms with van der Waals surface area (Å²) in [6.45, 7) is 6.22. The fourth-order valence-electron chi connectivity index (χ4n) is 1.74. The quantitative estimate of drug-likeness (QED) is 0.556. The monoisotopic (exact) mass is 157 g/mol. The summed E-state index contributed by atoms with van der Waals surface area (Å²) >= 11 is 0. The van der Waals surface area contributed by atoms with Gasteiger partial charge in [0.2, 0.25) is 0 Å². The van der Waals surface area contributed by atoms with Crippen LogP contribution in [0.3, 0.4) is 0 Å². The molecule has 0 amide bonds. The van der Waals surface area contributed by atoms with Crippen LogP contribution in [-0.4, -0.2) is 16.7 Å². The molecule has 0 aromatic heterocycles. The van der Waals surface area contributed by atoms with Gasteiger partial charge in [-0.1, -0.05) is 20.8 Å². The molecule has 66 valence electrons. The highest BCUT2D eigenvalue weighted by Gasteiger charge is 2.44. The second kappa shape index (κ2) is 2.46. The molecule has 1 aliphatic rings. The zero-order valence-electron chi connectivity index (χ0n) is 7.72. The zero-order chi connectivity index (χ0) is 8.70. The number of hydrogen-bond acceptors (Lipinski definition) is 2. The van der Waals surface area contributed by atoms with Gasteiger partial charge in [0.1, 0.15) is 0 Å². The van der Waals surface area contributed by atoms with Gasteiger partial charge in [0.15, 0.2) is 0 Å². The van der Waals surface area contributed by atoms with Crippen LogP contribution in [0, 0.1) is 5.41 Å². The average molecular weight is 157 g/mol. The van der Waals surface area contributed by atoms with Crippen molar-refractivity contribution in [3.8, 4) is 0 Å². The first kappa shape index (κ1) is 9.01. The molecule has 0 aliphatic heterocycles. The Morgan fingerprint density at radius 2 is 2.00 bits per heavy atom. The molecule has 0 heterocycles. The Labute approximate surface area is 68.8 Å². The maximum atomic E-state index is 10.1. The van der Waals surface area contributed by atoms with Crippen LogP contribution in [-0.2, 0) is 0 Å². The molecule has 0 saturated heterocycles. The highest BCUT2D eigenvalue weighted by Crippen LogP contribution is 2.42. The fourth-order valence-corrected chi connectivity index (χ4v) is 1.74. The number of nitrogens with two attached hydrogens (primary N) is 1. The second-order valence-electron chi connectivity index (χ2n) is 4.78. The van der Waals surface area contributed by atoms with Crippen LogP contribution >= 0.6 is 0 Å². The third-order valence-electron chi connectivity index (χ3n) is 2.92. The molecule has 0 bridgehead atoms. The van der Waals surface area contributed by atoms with Gasteiger partial charge < -0.3 is 10.8 Å². The minimum Gasteiger partial charge on any atom is -0.389 e. The molecule has 0 aromatic carbocycles. The lowest BCUT2D eigenvalue weighted by Crippen LogP contribution is -2.41. The molecule has 2 atom stereocenters. The van der Waals surface area contributed by atoms with Gasteiger partial charge in [0.25, 0.3) is 0 Å². The van der Waals surface area contributed by atoms with Gasteiger partial charge in [0.05, 0.1) is 5.60 Å². The number of hydrogen-bond donors (Lipinski definition) is 2. The molecule has 1 fully saturated rings. The highest BCUT2D eigenvalue weighted by atomic mass is 16.3. The summed E-state index contributed by atoms with van der Waals surface area (Å²) in [4.78, 5) is 0. The van der Waals surface area contributed by atoms with Crippen molar-refractivity contribution in [3.05, 3.63) is 0 Å². The predicted molar refractivity (Wildman–Crippen MR) is 46.2 cm³/mol. The van der Waals surface area contributed by atoms with Crippen molar-refractivity contribution in [1.82, 2.24) is 0 Å². The van der Waals surface area contributed by atoms with E-state index in [0.29, 0.717) is 0 Å².